The fourth-order valence-corrected chi connectivity index (χ4v) is 0. The topological polar surface area (TPSA) is 0 Å². The van der Waals surface area contributed by atoms with E-state index >= 15 is 0 Å². The van der Waals surface area contributed by atoms with Gasteiger partial charge in [-0.3, -0.25) is 0 Å². The zero-order chi connectivity index (χ0) is 4.71. The van der Waals surface area contributed by atoms with Crippen molar-refractivity contribution in [2.45, 2.75) is 6.92 Å². The zero-order valence-corrected chi connectivity index (χ0v) is 5.82. The summed E-state index contributed by atoms with van der Waals surface area (Å²) >= 11 is -0.368. The van der Waals surface area contributed by atoms with E-state index in [2.05, 4.69) is 6.92 Å². The van der Waals surface area contributed by atoms with Crippen LogP contribution < -0.4 is 0 Å². The van der Waals surface area contributed by atoms with Crippen molar-refractivity contribution in [1.82, 2.24) is 0 Å². The average molecular weight is 151 g/mol. The van der Waals surface area contributed by atoms with Crippen molar-refractivity contribution >= 4 is 19.7 Å². The standard InChI is InChI=1S/C2H5.2ClH.V/c1-2;;;/h1H2,2H3;2*1H;/q-1;;;+2/p-2. The molecule has 0 fully saturated rings. The molecule has 0 aliphatic carbocycles. The van der Waals surface area contributed by atoms with Gasteiger partial charge >= 0.3 is 34.1 Å². The van der Waals surface area contributed by atoms with Crippen LogP contribution in [0.4, 0.5) is 0 Å². The quantitative estimate of drug-likeness (QED) is 0.465. The van der Waals surface area contributed by atoms with E-state index < -0.39 is 0 Å². The van der Waals surface area contributed by atoms with E-state index in [1.165, 1.54) is 0 Å². The molecule has 0 aliphatic heterocycles. The Morgan fingerprint density at radius 3 is 1.40 bits per heavy atom. The zero-order valence-electron chi connectivity index (χ0n) is 2.91. The van der Waals surface area contributed by atoms with Gasteiger partial charge in [-0.1, -0.05) is 0 Å². The molecule has 0 heterocycles. The number of hydrogen-bond acceptors (Lipinski definition) is 0. The van der Waals surface area contributed by atoms with E-state index in [1.807, 2.05) is 0 Å². The average Bonchev–Trinajstić information content (AvgIpc) is 1.46. The number of halogens is 2. The molecule has 33 valence electrons. The summed E-state index contributed by atoms with van der Waals surface area (Å²) in [7, 11) is 9.72. The Hall–Kier alpha value is 1.16. The molecule has 0 saturated carbocycles. The minimum absolute atomic E-state index is 0.368. The van der Waals surface area contributed by atoms with Gasteiger partial charge in [0, 0.05) is 0 Å². The van der Waals surface area contributed by atoms with Crippen LogP contribution in [-0.4, -0.2) is 0 Å². The minimum atomic E-state index is -0.368. The van der Waals surface area contributed by atoms with Gasteiger partial charge in [0.2, 0.25) is 0 Å². The molecule has 0 aromatic heterocycles. The second kappa shape index (κ2) is 19.1. The molecule has 0 nitrogen and oxygen atoms in total. The van der Waals surface area contributed by atoms with Crippen molar-refractivity contribution in [3.8, 4) is 0 Å². The van der Waals surface area contributed by atoms with Crippen LogP contribution in [0.5, 0.6) is 0 Å². The van der Waals surface area contributed by atoms with Crippen LogP contribution in [0, 0.1) is 6.92 Å². The Morgan fingerprint density at radius 2 is 1.40 bits per heavy atom. The van der Waals surface area contributed by atoms with Crippen molar-refractivity contribution in [2.75, 3.05) is 0 Å². The van der Waals surface area contributed by atoms with Crippen molar-refractivity contribution in [1.29, 1.82) is 0 Å². The molecule has 0 rings (SSSR count). The molecule has 0 bridgehead atoms. The maximum absolute atomic E-state index is 4.86. The van der Waals surface area contributed by atoms with E-state index in [0.717, 1.165) is 0 Å². The van der Waals surface area contributed by atoms with Crippen molar-refractivity contribution in [3.63, 3.8) is 0 Å². The Labute approximate surface area is 48.1 Å². The summed E-state index contributed by atoms with van der Waals surface area (Å²) in [5.41, 5.74) is 0. The fourth-order valence-electron chi connectivity index (χ4n) is 0. The Bertz CT molecular complexity index is 7.61. The molecule has 3 heteroatoms. The normalized spacial score (nSPS) is 4.00. The first-order valence-corrected chi connectivity index (χ1v) is 4.89. The van der Waals surface area contributed by atoms with E-state index in [-0.39, 0.29) is 14.4 Å². The molecule has 0 radical (unpaired) electrons. The van der Waals surface area contributed by atoms with Crippen LogP contribution in [-0.2, 0) is 14.4 Å². The first-order chi connectivity index (χ1) is 2.41. The predicted molar refractivity (Wildman–Crippen MR) is 22.7 cm³/mol. The maximum atomic E-state index is 4.86. The monoisotopic (exact) mass is 150 g/mol. The fraction of sp³-hybridized carbons (Fsp3) is 0.500. The van der Waals surface area contributed by atoms with Gasteiger partial charge in [0.15, 0.2) is 0 Å². The molecule has 0 amide bonds. The third kappa shape index (κ3) is 38.1. The molecule has 0 N–H and O–H groups in total. The molecule has 0 aromatic carbocycles. The summed E-state index contributed by atoms with van der Waals surface area (Å²) in [5, 5.41) is 0. The molecule has 0 aromatic rings. The Balaban J connectivity index is 0. The van der Waals surface area contributed by atoms with Crippen molar-refractivity contribution in [3.05, 3.63) is 6.92 Å². The summed E-state index contributed by atoms with van der Waals surface area (Å²) in [6, 6.07) is 0. The molecule has 0 aliphatic rings. The molecular weight excluding hydrogens is 146 g/mol. The summed E-state index contributed by atoms with van der Waals surface area (Å²) in [6.45, 7) is 5.00. The van der Waals surface area contributed by atoms with E-state index in [1.54, 1.807) is 6.92 Å². The van der Waals surface area contributed by atoms with Gasteiger partial charge < -0.3 is 6.92 Å². The van der Waals surface area contributed by atoms with Crippen LogP contribution in [0.25, 0.3) is 0 Å². The molecule has 5 heavy (non-hydrogen) atoms. The summed E-state index contributed by atoms with van der Waals surface area (Å²) in [4.78, 5) is 0. The number of rotatable bonds is 0. The van der Waals surface area contributed by atoms with Crippen LogP contribution in [0.1, 0.15) is 6.92 Å². The van der Waals surface area contributed by atoms with E-state index in [0.29, 0.717) is 0 Å². The second-order valence-electron chi connectivity index (χ2n) is 0.0639. The van der Waals surface area contributed by atoms with Crippen LogP contribution in [0.3, 0.4) is 0 Å². The second-order valence-corrected chi connectivity index (χ2v) is 2.37. The molecule has 0 unspecified atom stereocenters. The van der Waals surface area contributed by atoms with Gasteiger partial charge in [0.05, 0.1) is 0 Å². The Morgan fingerprint density at radius 1 is 1.40 bits per heavy atom. The van der Waals surface area contributed by atoms with Crippen molar-refractivity contribution < 1.29 is 14.4 Å². The molecular formula is C2H5Cl2V-. The van der Waals surface area contributed by atoms with E-state index in [9.17, 15) is 0 Å². The van der Waals surface area contributed by atoms with Gasteiger partial charge in [0.25, 0.3) is 0 Å². The van der Waals surface area contributed by atoms with Gasteiger partial charge in [-0.15, -0.1) is 0 Å². The van der Waals surface area contributed by atoms with Crippen LogP contribution in [0.15, 0.2) is 0 Å². The predicted octanol–water partition coefficient (Wildman–Crippen LogP) is 2.22. The van der Waals surface area contributed by atoms with Crippen LogP contribution >= 0.6 is 19.7 Å². The number of hydrogen-bond donors (Lipinski definition) is 0. The van der Waals surface area contributed by atoms with Gasteiger partial charge in [-0.25, -0.2) is 0 Å². The van der Waals surface area contributed by atoms with Gasteiger partial charge in [0.1, 0.15) is 0 Å². The first-order valence-electron chi connectivity index (χ1n) is 1.05. The molecule has 0 saturated heterocycles. The summed E-state index contributed by atoms with van der Waals surface area (Å²) in [5.74, 6) is 0. The third-order valence-corrected chi connectivity index (χ3v) is 0. The summed E-state index contributed by atoms with van der Waals surface area (Å²) in [6.07, 6.45) is 0. The van der Waals surface area contributed by atoms with E-state index in [4.69, 9.17) is 19.7 Å². The molecule has 0 atom stereocenters. The summed E-state index contributed by atoms with van der Waals surface area (Å²) < 4.78 is 0. The first kappa shape index (κ1) is 9.48. The van der Waals surface area contributed by atoms with Gasteiger partial charge in [-0.05, 0) is 0 Å². The molecule has 0 spiro atoms. The van der Waals surface area contributed by atoms with Crippen LogP contribution in [0.2, 0.25) is 0 Å². The third-order valence-electron chi connectivity index (χ3n) is 0. The Kier molecular flexibility index (Phi) is 36.2. The van der Waals surface area contributed by atoms with Gasteiger partial charge in [-0.2, -0.15) is 6.92 Å². The SMILES string of the molecule is [CH2-]C.[Cl][V][Cl]. The van der Waals surface area contributed by atoms with Crippen molar-refractivity contribution in [2.24, 2.45) is 0 Å².